The summed E-state index contributed by atoms with van der Waals surface area (Å²) in [5.74, 6) is 1.80. The number of nitrogens with zero attached hydrogens (tertiary/aromatic N) is 5. The van der Waals surface area contributed by atoms with Crippen LogP contribution in [0.25, 0.3) is 0 Å². The van der Waals surface area contributed by atoms with E-state index in [4.69, 9.17) is 0 Å². The zero-order chi connectivity index (χ0) is 15.3. The van der Waals surface area contributed by atoms with Gasteiger partial charge in [-0.1, -0.05) is 13.8 Å². The predicted octanol–water partition coefficient (Wildman–Crippen LogP) is 0.979. The second-order valence-corrected chi connectivity index (χ2v) is 6.18. The summed E-state index contributed by atoms with van der Waals surface area (Å²) in [7, 11) is 9.78. The highest BCUT2D eigenvalue weighted by molar-refractivity contribution is 5.42. The van der Waals surface area contributed by atoms with Crippen LogP contribution in [0.5, 0.6) is 0 Å². The molecule has 0 saturated heterocycles. The van der Waals surface area contributed by atoms with Crippen molar-refractivity contribution in [1.29, 1.82) is 0 Å². The SMILES string of the molecule is CNc1nc(NCC(C)(C)CN(C)C)nc(N(C)C)n1. The molecule has 0 radical (unpaired) electrons. The third-order valence-electron chi connectivity index (χ3n) is 2.72. The molecule has 0 unspecified atom stereocenters. The van der Waals surface area contributed by atoms with Crippen LogP contribution in [0.15, 0.2) is 0 Å². The van der Waals surface area contributed by atoms with Gasteiger partial charge in [-0.25, -0.2) is 0 Å². The molecule has 0 amide bonds. The molecule has 0 saturated carbocycles. The third kappa shape index (κ3) is 5.16. The number of aromatic nitrogens is 3. The minimum atomic E-state index is 0.133. The maximum atomic E-state index is 4.40. The van der Waals surface area contributed by atoms with E-state index in [1.807, 2.05) is 19.0 Å². The van der Waals surface area contributed by atoms with Gasteiger partial charge in [-0.05, 0) is 19.5 Å². The smallest absolute Gasteiger partial charge is 0.231 e. The summed E-state index contributed by atoms with van der Waals surface area (Å²) in [5.41, 5.74) is 0.133. The monoisotopic (exact) mass is 281 g/mol. The molecule has 0 fully saturated rings. The average molecular weight is 281 g/mol. The second kappa shape index (κ2) is 6.69. The fourth-order valence-electron chi connectivity index (χ4n) is 1.99. The molecule has 7 heteroatoms. The van der Waals surface area contributed by atoms with Crippen molar-refractivity contribution >= 4 is 17.8 Å². The summed E-state index contributed by atoms with van der Waals surface area (Å²) in [6.45, 7) is 6.22. The molecule has 7 nitrogen and oxygen atoms in total. The Kier molecular flexibility index (Phi) is 5.50. The molecule has 1 aromatic rings. The van der Waals surface area contributed by atoms with E-state index in [-0.39, 0.29) is 5.41 Å². The molecule has 2 N–H and O–H groups in total. The van der Waals surface area contributed by atoms with Gasteiger partial charge in [-0.3, -0.25) is 0 Å². The minimum absolute atomic E-state index is 0.133. The van der Waals surface area contributed by atoms with Gasteiger partial charge in [0.05, 0.1) is 0 Å². The Bertz CT molecular complexity index is 429. The first-order valence-electron chi connectivity index (χ1n) is 6.73. The van der Waals surface area contributed by atoms with Crippen molar-refractivity contribution < 1.29 is 0 Å². The van der Waals surface area contributed by atoms with Gasteiger partial charge in [0.15, 0.2) is 0 Å². The van der Waals surface area contributed by atoms with Crippen LogP contribution in [0, 0.1) is 5.41 Å². The number of nitrogens with one attached hydrogen (secondary N) is 2. The summed E-state index contributed by atoms with van der Waals surface area (Å²) >= 11 is 0. The normalized spacial score (nSPS) is 11.6. The van der Waals surface area contributed by atoms with Crippen LogP contribution in [0.1, 0.15) is 13.8 Å². The van der Waals surface area contributed by atoms with Crippen LogP contribution in [-0.4, -0.2) is 68.2 Å². The molecule has 0 aliphatic heterocycles. The molecule has 0 aliphatic rings. The van der Waals surface area contributed by atoms with Crippen molar-refractivity contribution in [2.45, 2.75) is 13.8 Å². The van der Waals surface area contributed by atoms with E-state index in [9.17, 15) is 0 Å². The zero-order valence-corrected chi connectivity index (χ0v) is 13.7. The van der Waals surface area contributed by atoms with Crippen molar-refractivity contribution in [2.24, 2.45) is 5.41 Å². The highest BCUT2D eigenvalue weighted by Gasteiger charge is 2.19. The lowest BCUT2D eigenvalue weighted by atomic mass is 9.93. The van der Waals surface area contributed by atoms with Gasteiger partial charge in [-0.15, -0.1) is 0 Å². The summed E-state index contributed by atoms with van der Waals surface area (Å²) in [5, 5.41) is 6.26. The standard InChI is InChI=1S/C13H27N7/c1-13(2,9-19(4)5)8-15-11-16-10(14-3)17-12(18-11)20(6)7/h8-9H2,1-7H3,(H2,14,15,16,17,18). The Balaban J connectivity index is 2.79. The summed E-state index contributed by atoms with van der Waals surface area (Å²) in [4.78, 5) is 17.1. The molecule has 1 rings (SSSR count). The van der Waals surface area contributed by atoms with E-state index in [2.05, 4.69) is 58.4 Å². The van der Waals surface area contributed by atoms with Crippen LogP contribution >= 0.6 is 0 Å². The van der Waals surface area contributed by atoms with E-state index in [1.165, 1.54) is 0 Å². The van der Waals surface area contributed by atoms with E-state index in [0.29, 0.717) is 17.8 Å². The maximum absolute atomic E-state index is 4.40. The molecule has 1 aromatic heterocycles. The van der Waals surface area contributed by atoms with Crippen molar-refractivity contribution in [3.63, 3.8) is 0 Å². The highest BCUT2D eigenvalue weighted by atomic mass is 15.3. The largest absolute Gasteiger partial charge is 0.357 e. The fourth-order valence-corrected chi connectivity index (χ4v) is 1.99. The molecule has 0 aliphatic carbocycles. The van der Waals surface area contributed by atoms with Crippen LogP contribution in [-0.2, 0) is 0 Å². The minimum Gasteiger partial charge on any atom is -0.357 e. The molecule has 20 heavy (non-hydrogen) atoms. The van der Waals surface area contributed by atoms with Gasteiger partial charge in [0.2, 0.25) is 17.8 Å². The second-order valence-electron chi connectivity index (χ2n) is 6.18. The highest BCUT2D eigenvalue weighted by Crippen LogP contribution is 2.17. The summed E-state index contributed by atoms with van der Waals surface area (Å²) < 4.78 is 0. The molecule has 0 atom stereocenters. The quantitative estimate of drug-likeness (QED) is 0.772. The first-order chi connectivity index (χ1) is 9.23. The van der Waals surface area contributed by atoms with Crippen molar-refractivity contribution in [3.05, 3.63) is 0 Å². The Morgan fingerprint density at radius 1 is 1.00 bits per heavy atom. The third-order valence-corrected chi connectivity index (χ3v) is 2.72. The molecule has 114 valence electrons. The first kappa shape index (κ1) is 16.4. The van der Waals surface area contributed by atoms with Crippen molar-refractivity contribution in [1.82, 2.24) is 19.9 Å². The number of rotatable bonds is 7. The van der Waals surface area contributed by atoms with Crippen LogP contribution < -0.4 is 15.5 Å². The topological polar surface area (TPSA) is 69.2 Å². The van der Waals surface area contributed by atoms with Gasteiger partial charge < -0.3 is 20.4 Å². The van der Waals surface area contributed by atoms with Crippen molar-refractivity contribution in [3.8, 4) is 0 Å². The van der Waals surface area contributed by atoms with Gasteiger partial charge in [0, 0.05) is 34.2 Å². The number of anilines is 3. The lowest BCUT2D eigenvalue weighted by Gasteiger charge is -2.28. The Hall–Kier alpha value is -1.63. The van der Waals surface area contributed by atoms with E-state index in [1.54, 1.807) is 7.05 Å². The van der Waals surface area contributed by atoms with Crippen LogP contribution in [0.2, 0.25) is 0 Å². The van der Waals surface area contributed by atoms with Gasteiger partial charge in [0.1, 0.15) is 0 Å². The van der Waals surface area contributed by atoms with Crippen LogP contribution in [0.3, 0.4) is 0 Å². The predicted molar refractivity (Wildman–Crippen MR) is 84.5 cm³/mol. The van der Waals surface area contributed by atoms with E-state index < -0.39 is 0 Å². The van der Waals surface area contributed by atoms with Gasteiger partial charge in [-0.2, -0.15) is 15.0 Å². The summed E-state index contributed by atoms with van der Waals surface area (Å²) in [6, 6.07) is 0. The zero-order valence-electron chi connectivity index (χ0n) is 13.7. The molecule has 0 spiro atoms. The Labute approximate surface area is 121 Å². The summed E-state index contributed by atoms with van der Waals surface area (Å²) in [6.07, 6.45) is 0. The molecule has 0 bridgehead atoms. The molecule has 1 heterocycles. The molecular formula is C13H27N7. The van der Waals surface area contributed by atoms with E-state index in [0.717, 1.165) is 13.1 Å². The van der Waals surface area contributed by atoms with Crippen LogP contribution in [0.4, 0.5) is 17.8 Å². The van der Waals surface area contributed by atoms with Gasteiger partial charge in [0.25, 0.3) is 0 Å². The Morgan fingerprint density at radius 3 is 2.10 bits per heavy atom. The van der Waals surface area contributed by atoms with Gasteiger partial charge >= 0.3 is 0 Å². The maximum Gasteiger partial charge on any atom is 0.231 e. The first-order valence-corrected chi connectivity index (χ1v) is 6.73. The lowest BCUT2D eigenvalue weighted by molar-refractivity contribution is 0.254. The van der Waals surface area contributed by atoms with E-state index >= 15 is 0 Å². The number of hydrogen-bond donors (Lipinski definition) is 2. The lowest BCUT2D eigenvalue weighted by Crippen LogP contribution is -2.34. The van der Waals surface area contributed by atoms with Crippen molar-refractivity contribution in [2.75, 3.05) is 63.9 Å². The molecule has 0 aromatic carbocycles. The average Bonchev–Trinajstić information content (AvgIpc) is 2.34. The molecular weight excluding hydrogens is 254 g/mol. The number of hydrogen-bond acceptors (Lipinski definition) is 7. The fraction of sp³-hybridized carbons (Fsp3) is 0.769. The Morgan fingerprint density at radius 2 is 1.60 bits per heavy atom.